The predicted octanol–water partition coefficient (Wildman–Crippen LogP) is 4.55. The van der Waals surface area contributed by atoms with E-state index in [1.807, 2.05) is 36.4 Å². The third-order valence-electron chi connectivity index (χ3n) is 4.14. The standard InChI is InChI=1S/C20H15F3N6/c21-20(22,23)14-8-10-15(11-9-14)25-18-7-2-1-6-17(18)19-26-28-29(27-19)13-16-5-3-4-12-24-16/h1-12,25H,13H2. The Labute approximate surface area is 164 Å². The van der Waals surface area contributed by atoms with Gasteiger partial charge in [-0.1, -0.05) is 18.2 Å². The number of hydrogen-bond acceptors (Lipinski definition) is 5. The van der Waals surface area contributed by atoms with Gasteiger partial charge < -0.3 is 5.32 Å². The Morgan fingerprint density at radius 2 is 1.66 bits per heavy atom. The summed E-state index contributed by atoms with van der Waals surface area (Å²) >= 11 is 0. The number of pyridine rings is 1. The molecule has 0 aliphatic heterocycles. The largest absolute Gasteiger partial charge is 0.416 e. The van der Waals surface area contributed by atoms with Crippen molar-refractivity contribution < 1.29 is 13.2 Å². The monoisotopic (exact) mass is 396 g/mol. The SMILES string of the molecule is FC(F)(F)c1ccc(Nc2ccccc2-c2nnn(Cc3ccccn3)n2)cc1. The van der Waals surface area contributed by atoms with Gasteiger partial charge in [0.1, 0.15) is 6.54 Å². The number of hydrogen-bond donors (Lipinski definition) is 1. The molecule has 0 saturated heterocycles. The van der Waals surface area contributed by atoms with Gasteiger partial charge in [-0.25, -0.2) is 0 Å². The zero-order valence-electron chi connectivity index (χ0n) is 15.0. The van der Waals surface area contributed by atoms with Crippen LogP contribution < -0.4 is 5.32 Å². The highest BCUT2D eigenvalue weighted by Gasteiger charge is 2.29. The van der Waals surface area contributed by atoms with Crippen molar-refractivity contribution in [2.45, 2.75) is 12.7 Å². The topological polar surface area (TPSA) is 68.5 Å². The van der Waals surface area contributed by atoms with E-state index in [9.17, 15) is 13.2 Å². The fourth-order valence-electron chi connectivity index (χ4n) is 2.74. The molecule has 0 atom stereocenters. The van der Waals surface area contributed by atoms with Crippen molar-refractivity contribution in [1.29, 1.82) is 0 Å². The molecule has 2 aromatic carbocycles. The lowest BCUT2D eigenvalue weighted by Crippen LogP contribution is -2.05. The number of benzene rings is 2. The summed E-state index contributed by atoms with van der Waals surface area (Å²) in [5.74, 6) is 0.399. The van der Waals surface area contributed by atoms with Crippen molar-refractivity contribution in [1.82, 2.24) is 25.2 Å². The molecule has 4 aromatic rings. The number of nitrogens with one attached hydrogen (secondary N) is 1. The zero-order valence-corrected chi connectivity index (χ0v) is 15.0. The molecule has 1 N–H and O–H groups in total. The Bertz CT molecular complexity index is 1090. The van der Waals surface area contributed by atoms with E-state index in [1.54, 1.807) is 12.3 Å². The van der Waals surface area contributed by atoms with E-state index >= 15 is 0 Å². The van der Waals surface area contributed by atoms with E-state index in [4.69, 9.17) is 0 Å². The number of nitrogens with zero attached hydrogens (tertiary/aromatic N) is 5. The predicted molar refractivity (Wildman–Crippen MR) is 101 cm³/mol. The summed E-state index contributed by atoms with van der Waals surface area (Å²) < 4.78 is 38.2. The van der Waals surface area contributed by atoms with E-state index in [-0.39, 0.29) is 0 Å². The maximum Gasteiger partial charge on any atom is 0.416 e. The first kappa shape index (κ1) is 18.6. The van der Waals surface area contributed by atoms with Crippen molar-refractivity contribution in [2.75, 3.05) is 5.32 Å². The molecule has 9 heteroatoms. The molecule has 6 nitrogen and oxygen atoms in total. The molecule has 0 fully saturated rings. The molecule has 0 saturated carbocycles. The highest BCUT2D eigenvalue weighted by molar-refractivity contribution is 5.77. The fourth-order valence-corrected chi connectivity index (χ4v) is 2.74. The Morgan fingerprint density at radius 3 is 2.38 bits per heavy atom. The second kappa shape index (κ2) is 7.70. The fraction of sp³-hybridized carbons (Fsp3) is 0.100. The minimum absolute atomic E-state index is 0.377. The molecule has 0 unspecified atom stereocenters. The summed E-state index contributed by atoms with van der Waals surface area (Å²) in [7, 11) is 0. The van der Waals surface area contributed by atoms with Crippen LogP contribution in [0.5, 0.6) is 0 Å². The van der Waals surface area contributed by atoms with Crippen LogP contribution in [0.3, 0.4) is 0 Å². The van der Waals surface area contributed by atoms with Gasteiger partial charge in [0.25, 0.3) is 0 Å². The molecule has 0 spiro atoms. The van der Waals surface area contributed by atoms with Crippen LogP contribution in [0, 0.1) is 0 Å². The summed E-state index contributed by atoms with van der Waals surface area (Å²) in [6.45, 7) is 0.377. The average Bonchev–Trinajstić information content (AvgIpc) is 3.17. The summed E-state index contributed by atoms with van der Waals surface area (Å²) in [5, 5.41) is 15.7. The lowest BCUT2D eigenvalue weighted by Gasteiger charge is -2.11. The summed E-state index contributed by atoms with van der Waals surface area (Å²) in [6.07, 6.45) is -2.68. The first-order valence-electron chi connectivity index (χ1n) is 8.70. The van der Waals surface area contributed by atoms with Crippen LogP contribution in [0.1, 0.15) is 11.3 Å². The number of alkyl halides is 3. The molecular formula is C20H15F3N6. The zero-order chi connectivity index (χ0) is 20.3. The van der Waals surface area contributed by atoms with Crippen molar-refractivity contribution in [3.05, 3.63) is 84.2 Å². The van der Waals surface area contributed by atoms with Gasteiger partial charge >= 0.3 is 6.18 Å². The molecule has 0 aliphatic rings. The van der Waals surface area contributed by atoms with E-state index < -0.39 is 11.7 Å². The highest BCUT2D eigenvalue weighted by atomic mass is 19.4. The van der Waals surface area contributed by atoms with Crippen LogP contribution in [-0.2, 0) is 12.7 Å². The smallest absolute Gasteiger partial charge is 0.355 e. The van der Waals surface area contributed by atoms with Crippen LogP contribution in [-0.4, -0.2) is 25.2 Å². The van der Waals surface area contributed by atoms with Crippen molar-refractivity contribution >= 4 is 11.4 Å². The van der Waals surface area contributed by atoms with Gasteiger partial charge in [0.15, 0.2) is 0 Å². The molecule has 0 aliphatic carbocycles. The first-order valence-corrected chi connectivity index (χ1v) is 8.70. The van der Waals surface area contributed by atoms with Crippen LogP contribution >= 0.6 is 0 Å². The Kier molecular flexibility index (Phi) is 4.94. The third-order valence-corrected chi connectivity index (χ3v) is 4.14. The first-order chi connectivity index (χ1) is 14.0. The lowest BCUT2D eigenvalue weighted by molar-refractivity contribution is -0.137. The Morgan fingerprint density at radius 1 is 0.897 bits per heavy atom. The molecule has 0 bridgehead atoms. The van der Waals surface area contributed by atoms with Crippen LogP contribution in [0.25, 0.3) is 11.4 Å². The maximum absolute atomic E-state index is 12.7. The molecule has 29 heavy (non-hydrogen) atoms. The van der Waals surface area contributed by atoms with Gasteiger partial charge in [0.2, 0.25) is 5.82 Å². The van der Waals surface area contributed by atoms with Crippen molar-refractivity contribution in [2.24, 2.45) is 0 Å². The highest BCUT2D eigenvalue weighted by Crippen LogP contribution is 2.32. The van der Waals surface area contributed by atoms with E-state index in [0.29, 0.717) is 29.3 Å². The summed E-state index contributed by atoms with van der Waals surface area (Å²) in [5.41, 5.74) is 1.96. The quantitative estimate of drug-likeness (QED) is 0.536. The number of anilines is 2. The van der Waals surface area contributed by atoms with Gasteiger partial charge in [-0.2, -0.15) is 18.0 Å². The van der Waals surface area contributed by atoms with Gasteiger partial charge in [-0.15, -0.1) is 10.2 Å². The number of tetrazole rings is 1. The van der Waals surface area contributed by atoms with Gasteiger partial charge in [-0.3, -0.25) is 4.98 Å². The minimum Gasteiger partial charge on any atom is -0.355 e. The molecule has 0 amide bonds. The molecule has 0 radical (unpaired) electrons. The molecule has 2 heterocycles. The number of para-hydroxylation sites is 1. The van der Waals surface area contributed by atoms with Gasteiger partial charge in [0.05, 0.1) is 11.3 Å². The normalized spacial score (nSPS) is 11.4. The second-order valence-electron chi connectivity index (χ2n) is 6.21. The number of aromatic nitrogens is 5. The molecule has 4 rings (SSSR count). The van der Waals surface area contributed by atoms with Gasteiger partial charge in [-0.05, 0) is 53.7 Å². The van der Waals surface area contributed by atoms with Crippen LogP contribution in [0.15, 0.2) is 72.9 Å². The van der Waals surface area contributed by atoms with Gasteiger partial charge in [0, 0.05) is 23.1 Å². The second-order valence-corrected chi connectivity index (χ2v) is 6.21. The maximum atomic E-state index is 12.7. The Balaban J connectivity index is 1.56. The molecular weight excluding hydrogens is 381 g/mol. The summed E-state index contributed by atoms with van der Waals surface area (Å²) in [6, 6.07) is 17.6. The average molecular weight is 396 g/mol. The van der Waals surface area contributed by atoms with Crippen molar-refractivity contribution in [3.8, 4) is 11.4 Å². The Hall–Kier alpha value is -3.75. The van der Waals surface area contributed by atoms with E-state index in [2.05, 4.69) is 25.7 Å². The van der Waals surface area contributed by atoms with E-state index in [1.165, 1.54) is 16.9 Å². The number of rotatable bonds is 5. The molecule has 146 valence electrons. The third kappa shape index (κ3) is 4.40. The van der Waals surface area contributed by atoms with Crippen LogP contribution in [0.4, 0.5) is 24.5 Å². The van der Waals surface area contributed by atoms with Crippen LogP contribution in [0.2, 0.25) is 0 Å². The summed E-state index contributed by atoms with van der Waals surface area (Å²) in [4.78, 5) is 5.67. The lowest BCUT2D eigenvalue weighted by atomic mass is 10.1. The van der Waals surface area contributed by atoms with E-state index in [0.717, 1.165) is 17.8 Å². The number of halogens is 3. The minimum atomic E-state index is -4.37. The van der Waals surface area contributed by atoms with Crippen molar-refractivity contribution in [3.63, 3.8) is 0 Å². The molecule has 2 aromatic heterocycles.